The van der Waals surface area contributed by atoms with Crippen LogP contribution in [0, 0.1) is 0 Å². The van der Waals surface area contributed by atoms with Crippen LogP contribution in [0.2, 0.25) is 0 Å². The molecule has 5 heteroatoms. The average molecular weight is 239 g/mol. The molecule has 1 N–H and O–H groups in total. The van der Waals surface area contributed by atoms with Gasteiger partial charge in [-0.1, -0.05) is 10.6 Å². The highest BCUT2D eigenvalue weighted by molar-refractivity contribution is 7.09. The lowest BCUT2D eigenvalue weighted by Gasteiger charge is -2.11. The zero-order valence-corrected chi connectivity index (χ0v) is 10.1. The third kappa shape index (κ3) is 2.84. The van der Waals surface area contributed by atoms with Gasteiger partial charge in [-0.3, -0.25) is 0 Å². The van der Waals surface area contributed by atoms with E-state index in [1.165, 1.54) is 16.4 Å². The van der Waals surface area contributed by atoms with Crippen molar-refractivity contribution in [2.45, 2.75) is 18.9 Å². The lowest BCUT2D eigenvalue weighted by Crippen LogP contribution is -2.17. The van der Waals surface area contributed by atoms with Crippen LogP contribution in [0.15, 0.2) is 22.9 Å². The molecule has 0 aliphatic carbocycles. The van der Waals surface area contributed by atoms with Crippen molar-refractivity contribution in [3.05, 3.63) is 33.5 Å². The Kier molecular flexibility index (Phi) is 3.82. The molecule has 0 aromatic carbocycles. The number of aryl methyl sites for hydroxylation is 1. The maximum absolute atomic E-state index is 4.10. The van der Waals surface area contributed by atoms with Crippen LogP contribution in [0.5, 0.6) is 0 Å². The second-order valence-electron chi connectivity index (χ2n) is 3.29. The summed E-state index contributed by atoms with van der Waals surface area (Å²) in [6.07, 6.45) is 2.17. The largest absolute Gasteiger partial charge is 0.312 e. The van der Waals surface area contributed by atoms with Crippen LogP contribution in [-0.2, 0) is 6.42 Å². The summed E-state index contributed by atoms with van der Waals surface area (Å²) in [5.41, 5.74) is 1.05. The van der Waals surface area contributed by atoms with E-state index in [0.717, 1.165) is 18.5 Å². The normalized spacial score (nSPS) is 12.9. The predicted molar refractivity (Wildman–Crippen MR) is 64.3 cm³/mol. The van der Waals surface area contributed by atoms with Crippen LogP contribution in [0.3, 0.4) is 0 Å². The molecule has 0 aliphatic rings. The van der Waals surface area contributed by atoms with E-state index in [1.807, 2.05) is 23.8 Å². The third-order valence-electron chi connectivity index (χ3n) is 2.34. The molecule has 1 unspecified atom stereocenters. The summed E-state index contributed by atoms with van der Waals surface area (Å²) in [5.74, 6) is 0. The van der Waals surface area contributed by atoms with Crippen molar-refractivity contribution in [2.24, 2.45) is 0 Å². The van der Waals surface area contributed by atoms with Crippen molar-refractivity contribution in [3.63, 3.8) is 0 Å². The van der Waals surface area contributed by atoms with Crippen LogP contribution < -0.4 is 5.32 Å². The Bertz CT molecular complexity index is 369. The van der Waals surface area contributed by atoms with E-state index in [0.29, 0.717) is 6.04 Å². The van der Waals surface area contributed by atoms with E-state index >= 15 is 0 Å². The van der Waals surface area contributed by atoms with E-state index in [-0.39, 0.29) is 0 Å². The molecule has 0 aliphatic heterocycles. The summed E-state index contributed by atoms with van der Waals surface area (Å²) in [5, 5.41) is 11.5. The number of aromatic nitrogens is 2. The van der Waals surface area contributed by atoms with Crippen molar-refractivity contribution in [1.82, 2.24) is 14.9 Å². The molecule has 2 aromatic heterocycles. The minimum Gasteiger partial charge on any atom is -0.312 e. The van der Waals surface area contributed by atoms with Gasteiger partial charge in [0.15, 0.2) is 0 Å². The van der Waals surface area contributed by atoms with Crippen LogP contribution in [-0.4, -0.2) is 16.6 Å². The van der Waals surface area contributed by atoms with E-state index < -0.39 is 0 Å². The molecule has 0 saturated heterocycles. The van der Waals surface area contributed by atoms with Gasteiger partial charge >= 0.3 is 0 Å². The highest BCUT2D eigenvalue weighted by Crippen LogP contribution is 2.19. The van der Waals surface area contributed by atoms with Crippen molar-refractivity contribution in [1.29, 1.82) is 0 Å². The summed E-state index contributed by atoms with van der Waals surface area (Å²) >= 11 is 3.22. The van der Waals surface area contributed by atoms with E-state index in [1.54, 1.807) is 0 Å². The minimum atomic E-state index is 0.325. The van der Waals surface area contributed by atoms with Gasteiger partial charge in [0.2, 0.25) is 0 Å². The van der Waals surface area contributed by atoms with E-state index in [4.69, 9.17) is 0 Å². The van der Waals surface area contributed by atoms with Gasteiger partial charge in [0, 0.05) is 10.3 Å². The molecular formula is C10H13N3S2. The smallest absolute Gasteiger partial charge is 0.0924 e. The standard InChI is InChI=1S/C10H13N3S2/c1-11-9(10-7-15-13-12-10)5-4-8-3-2-6-14-8/h2-3,6-7,9,11H,4-5H2,1H3. The number of hydrogen-bond donors (Lipinski definition) is 1. The number of hydrogen-bond acceptors (Lipinski definition) is 5. The SMILES string of the molecule is CNC(CCc1cccs1)c1csnn1. The Morgan fingerprint density at radius 3 is 3.07 bits per heavy atom. The summed E-state index contributed by atoms with van der Waals surface area (Å²) in [4.78, 5) is 1.43. The summed E-state index contributed by atoms with van der Waals surface area (Å²) in [6, 6.07) is 4.60. The number of rotatable bonds is 5. The number of nitrogens with one attached hydrogen (secondary N) is 1. The second-order valence-corrected chi connectivity index (χ2v) is 4.93. The Labute approximate surface area is 97.3 Å². The first-order valence-corrected chi connectivity index (χ1v) is 6.58. The van der Waals surface area contributed by atoms with Gasteiger partial charge in [0.25, 0.3) is 0 Å². The van der Waals surface area contributed by atoms with Crippen LogP contribution in [0.4, 0.5) is 0 Å². The Morgan fingerprint density at radius 1 is 1.53 bits per heavy atom. The molecule has 0 saturated carbocycles. The number of thiophene rings is 1. The van der Waals surface area contributed by atoms with E-state index in [9.17, 15) is 0 Å². The molecule has 15 heavy (non-hydrogen) atoms. The molecule has 1 atom stereocenters. The van der Waals surface area contributed by atoms with Crippen LogP contribution >= 0.6 is 22.9 Å². The first-order valence-electron chi connectivity index (χ1n) is 4.86. The lowest BCUT2D eigenvalue weighted by atomic mass is 10.1. The van der Waals surface area contributed by atoms with Crippen molar-refractivity contribution >= 4 is 22.9 Å². The maximum Gasteiger partial charge on any atom is 0.0924 e. The average Bonchev–Trinajstić information content (AvgIpc) is 2.90. The van der Waals surface area contributed by atoms with Gasteiger partial charge in [-0.05, 0) is 42.9 Å². The first-order chi connectivity index (χ1) is 7.40. The quantitative estimate of drug-likeness (QED) is 0.871. The monoisotopic (exact) mass is 239 g/mol. The Hall–Kier alpha value is -0.780. The summed E-state index contributed by atoms with van der Waals surface area (Å²) in [6.45, 7) is 0. The zero-order chi connectivity index (χ0) is 10.5. The van der Waals surface area contributed by atoms with E-state index in [2.05, 4.69) is 32.4 Å². The fraction of sp³-hybridized carbons (Fsp3) is 0.400. The fourth-order valence-corrected chi connectivity index (χ4v) is 2.74. The molecule has 80 valence electrons. The first kappa shape index (κ1) is 10.7. The molecule has 2 heterocycles. The number of nitrogens with zero attached hydrogens (tertiary/aromatic N) is 2. The Morgan fingerprint density at radius 2 is 2.47 bits per heavy atom. The van der Waals surface area contributed by atoms with Crippen molar-refractivity contribution < 1.29 is 0 Å². The molecule has 2 aromatic rings. The lowest BCUT2D eigenvalue weighted by molar-refractivity contribution is 0.536. The van der Waals surface area contributed by atoms with Gasteiger partial charge in [-0.15, -0.1) is 16.4 Å². The molecule has 0 bridgehead atoms. The third-order valence-corrected chi connectivity index (χ3v) is 3.80. The molecule has 2 rings (SSSR count). The van der Waals surface area contributed by atoms with Crippen LogP contribution in [0.1, 0.15) is 23.0 Å². The fourth-order valence-electron chi connectivity index (χ4n) is 1.51. The maximum atomic E-state index is 4.10. The van der Waals surface area contributed by atoms with Gasteiger partial charge < -0.3 is 5.32 Å². The highest BCUT2D eigenvalue weighted by atomic mass is 32.1. The topological polar surface area (TPSA) is 37.8 Å². The molecule has 0 amide bonds. The highest BCUT2D eigenvalue weighted by Gasteiger charge is 2.11. The van der Waals surface area contributed by atoms with Gasteiger partial charge in [0.1, 0.15) is 0 Å². The van der Waals surface area contributed by atoms with Gasteiger partial charge in [0.05, 0.1) is 11.7 Å². The predicted octanol–water partition coefficient (Wildman–Crippen LogP) is 2.49. The van der Waals surface area contributed by atoms with Crippen molar-refractivity contribution in [2.75, 3.05) is 7.05 Å². The molecular weight excluding hydrogens is 226 g/mol. The second kappa shape index (κ2) is 5.34. The molecule has 0 fully saturated rings. The summed E-state index contributed by atoms with van der Waals surface area (Å²) < 4.78 is 3.89. The Balaban J connectivity index is 1.92. The van der Waals surface area contributed by atoms with Crippen LogP contribution in [0.25, 0.3) is 0 Å². The zero-order valence-electron chi connectivity index (χ0n) is 8.51. The minimum absolute atomic E-state index is 0.325. The van der Waals surface area contributed by atoms with Crippen molar-refractivity contribution in [3.8, 4) is 0 Å². The molecule has 0 spiro atoms. The molecule has 0 radical (unpaired) electrons. The van der Waals surface area contributed by atoms with Gasteiger partial charge in [-0.25, -0.2) is 0 Å². The van der Waals surface area contributed by atoms with Gasteiger partial charge in [-0.2, -0.15) is 0 Å². The summed E-state index contributed by atoms with van der Waals surface area (Å²) in [7, 11) is 1.97. The molecule has 3 nitrogen and oxygen atoms in total.